The van der Waals surface area contributed by atoms with Crippen molar-refractivity contribution in [2.45, 2.75) is 0 Å². The van der Waals surface area contributed by atoms with E-state index in [2.05, 4.69) is 30.5 Å². The molecule has 0 unspecified atom stereocenters. The number of hydrogen-bond donors (Lipinski definition) is 2. The van der Waals surface area contributed by atoms with Crippen LogP contribution in [0.3, 0.4) is 0 Å². The van der Waals surface area contributed by atoms with Gasteiger partial charge in [-0.3, -0.25) is 19.9 Å². The fraction of sp³-hybridized carbons (Fsp3) is 0. The fourth-order valence-corrected chi connectivity index (χ4v) is 2.50. The number of benzene rings is 1. The maximum atomic E-state index is 12.2. The molecule has 0 aliphatic carbocycles. The quantitative estimate of drug-likeness (QED) is 0.594. The third kappa shape index (κ3) is 3.32. The van der Waals surface area contributed by atoms with Crippen molar-refractivity contribution in [3.05, 3.63) is 78.3 Å². The first-order valence-electron chi connectivity index (χ1n) is 7.93. The minimum absolute atomic E-state index is 0.261. The standard InChI is InChI=1S/C19H14N6O/c26-19(18-12-21-8-9-22-18)23-14-4-6-17-15(10-14)16(24-25-17)5-3-13-2-1-7-20-11-13/h1-12H,(H,23,26)(H,24,25). The molecule has 7 nitrogen and oxygen atoms in total. The second kappa shape index (κ2) is 6.94. The van der Waals surface area contributed by atoms with Crippen LogP contribution in [0.4, 0.5) is 5.69 Å². The van der Waals surface area contributed by atoms with Gasteiger partial charge in [0, 0.05) is 35.9 Å². The van der Waals surface area contributed by atoms with Gasteiger partial charge in [0.1, 0.15) is 5.69 Å². The second-order valence-corrected chi connectivity index (χ2v) is 5.53. The van der Waals surface area contributed by atoms with E-state index in [1.807, 2.05) is 42.5 Å². The molecule has 0 bridgehead atoms. The summed E-state index contributed by atoms with van der Waals surface area (Å²) in [6.45, 7) is 0. The van der Waals surface area contributed by atoms with Crippen LogP contribution in [0, 0.1) is 0 Å². The van der Waals surface area contributed by atoms with Crippen molar-refractivity contribution in [3.8, 4) is 0 Å². The van der Waals surface area contributed by atoms with Crippen molar-refractivity contribution in [1.29, 1.82) is 0 Å². The number of nitrogens with one attached hydrogen (secondary N) is 2. The molecular weight excluding hydrogens is 328 g/mol. The molecule has 3 aromatic heterocycles. The SMILES string of the molecule is O=C(Nc1ccc2[nH]nc(C=Cc3cccnc3)c2c1)c1cnccn1. The van der Waals surface area contributed by atoms with E-state index < -0.39 is 0 Å². The zero-order valence-corrected chi connectivity index (χ0v) is 13.6. The van der Waals surface area contributed by atoms with Crippen LogP contribution in [0.5, 0.6) is 0 Å². The second-order valence-electron chi connectivity index (χ2n) is 5.53. The molecule has 2 N–H and O–H groups in total. The Kier molecular flexibility index (Phi) is 4.17. The highest BCUT2D eigenvalue weighted by Gasteiger charge is 2.09. The van der Waals surface area contributed by atoms with Crippen LogP contribution in [-0.2, 0) is 0 Å². The van der Waals surface area contributed by atoms with Crippen LogP contribution in [0.25, 0.3) is 23.1 Å². The third-order valence-corrected chi connectivity index (χ3v) is 3.76. The Morgan fingerprint density at radius 3 is 2.77 bits per heavy atom. The number of aromatic nitrogens is 5. The van der Waals surface area contributed by atoms with E-state index in [9.17, 15) is 4.79 Å². The number of nitrogens with zero attached hydrogens (tertiary/aromatic N) is 4. The van der Waals surface area contributed by atoms with Gasteiger partial charge in [-0.15, -0.1) is 0 Å². The van der Waals surface area contributed by atoms with Gasteiger partial charge < -0.3 is 5.32 Å². The van der Waals surface area contributed by atoms with Crippen LogP contribution in [0.1, 0.15) is 21.7 Å². The van der Waals surface area contributed by atoms with Gasteiger partial charge in [0.15, 0.2) is 0 Å². The molecule has 126 valence electrons. The lowest BCUT2D eigenvalue weighted by Crippen LogP contribution is -2.13. The number of hydrogen-bond acceptors (Lipinski definition) is 5. The number of H-pyrrole nitrogens is 1. The Labute approximate surface area is 148 Å². The predicted molar refractivity (Wildman–Crippen MR) is 99.2 cm³/mol. The average Bonchev–Trinajstić information content (AvgIpc) is 3.10. The zero-order valence-electron chi connectivity index (χ0n) is 13.6. The van der Waals surface area contributed by atoms with Gasteiger partial charge >= 0.3 is 0 Å². The lowest BCUT2D eigenvalue weighted by Gasteiger charge is -2.04. The highest BCUT2D eigenvalue weighted by atomic mass is 16.1. The van der Waals surface area contributed by atoms with Gasteiger partial charge in [-0.25, -0.2) is 4.98 Å². The molecule has 0 aliphatic rings. The zero-order chi connectivity index (χ0) is 17.8. The fourth-order valence-electron chi connectivity index (χ4n) is 2.50. The highest BCUT2D eigenvalue weighted by molar-refractivity contribution is 6.04. The molecule has 4 aromatic rings. The molecule has 7 heteroatoms. The summed E-state index contributed by atoms with van der Waals surface area (Å²) in [5, 5.41) is 11.0. The Bertz CT molecular complexity index is 1070. The third-order valence-electron chi connectivity index (χ3n) is 3.76. The van der Waals surface area contributed by atoms with E-state index >= 15 is 0 Å². The van der Waals surface area contributed by atoms with Gasteiger partial charge in [-0.2, -0.15) is 5.10 Å². The molecule has 0 radical (unpaired) electrons. The average molecular weight is 342 g/mol. The van der Waals surface area contributed by atoms with E-state index in [4.69, 9.17) is 0 Å². The van der Waals surface area contributed by atoms with Gasteiger partial charge in [-0.1, -0.05) is 12.1 Å². The molecule has 1 aromatic carbocycles. The number of carbonyl (C=O) groups excluding carboxylic acids is 1. The molecule has 1 amide bonds. The number of amides is 1. The Balaban J connectivity index is 1.60. The van der Waals surface area contributed by atoms with E-state index in [-0.39, 0.29) is 11.6 Å². The minimum Gasteiger partial charge on any atom is -0.321 e. The number of aromatic amines is 1. The summed E-state index contributed by atoms with van der Waals surface area (Å²) in [6.07, 6.45) is 11.8. The van der Waals surface area contributed by atoms with E-state index in [0.717, 1.165) is 22.2 Å². The first-order valence-corrected chi connectivity index (χ1v) is 7.93. The number of anilines is 1. The van der Waals surface area contributed by atoms with E-state index in [0.29, 0.717) is 5.69 Å². The number of fused-ring (bicyclic) bond motifs is 1. The molecule has 0 saturated heterocycles. The van der Waals surface area contributed by atoms with Crippen LogP contribution in [0.15, 0.2) is 61.3 Å². The molecule has 0 atom stereocenters. The van der Waals surface area contributed by atoms with E-state index in [1.165, 1.54) is 18.6 Å². The Morgan fingerprint density at radius 1 is 1.04 bits per heavy atom. The van der Waals surface area contributed by atoms with Crippen molar-refractivity contribution in [3.63, 3.8) is 0 Å². The van der Waals surface area contributed by atoms with Crippen molar-refractivity contribution >= 4 is 34.6 Å². The summed E-state index contributed by atoms with van der Waals surface area (Å²) in [5.41, 5.74) is 3.56. The Morgan fingerprint density at radius 2 is 1.96 bits per heavy atom. The smallest absolute Gasteiger partial charge is 0.275 e. The largest absolute Gasteiger partial charge is 0.321 e. The minimum atomic E-state index is -0.312. The Hall–Kier alpha value is -3.87. The number of pyridine rings is 1. The summed E-state index contributed by atoms with van der Waals surface area (Å²) in [7, 11) is 0. The summed E-state index contributed by atoms with van der Waals surface area (Å²) < 4.78 is 0. The topological polar surface area (TPSA) is 96.5 Å². The number of carbonyl (C=O) groups is 1. The van der Waals surface area contributed by atoms with Crippen LogP contribution in [-0.4, -0.2) is 31.1 Å². The monoisotopic (exact) mass is 342 g/mol. The maximum absolute atomic E-state index is 12.2. The molecule has 3 heterocycles. The molecule has 4 rings (SSSR count). The molecule has 0 aliphatic heterocycles. The van der Waals surface area contributed by atoms with Crippen molar-refractivity contribution in [1.82, 2.24) is 25.1 Å². The summed E-state index contributed by atoms with van der Waals surface area (Å²) in [6, 6.07) is 9.39. The summed E-state index contributed by atoms with van der Waals surface area (Å²) in [4.78, 5) is 24.2. The lowest BCUT2D eigenvalue weighted by atomic mass is 10.1. The van der Waals surface area contributed by atoms with Gasteiger partial charge in [-0.05, 0) is 35.9 Å². The molecular formula is C19H14N6O. The number of rotatable bonds is 4. The van der Waals surface area contributed by atoms with Crippen molar-refractivity contribution in [2.75, 3.05) is 5.32 Å². The normalized spacial score (nSPS) is 11.1. The maximum Gasteiger partial charge on any atom is 0.275 e. The van der Waals surface area contributed by atoms with Crippen LogP contribution < -0.4 is 5.32 Å². The van der Waals surface area contributed by atoms with E-state index in [1.54, 1.807) is 12.4 Å². The molecule has 0 fully saturated rings. The van der Waals surface area contributed by atoms with Crippen LogP contribution >= 0.6 is 0 Å². The van der Waals surface area contributed by atoms with Crippen molar-refractivity contribution < 1.29 is 4.79 Å². The first kappa shape index (κ1) is 15.6. The van der Waals surface area contributed by atoms with Crippen molar-refractivity contribution in [2.24, 2.45) is 0 Å². The molecule has 0 spiro atoms. The summed E-state index contributed by atoms with van der Waals surface area (Å²) >= 11 is 0. The highest BCUT2D eigenvalue weighted by Crippen LogP contribution is 2.22. The molecule has 0 saturated carbocycles. The van der Waals surface area contributed by atoms with Crippen LogP contribution in [0.2, 0.25) is 0 Å². The van der Waals surface area contributed by atoms with Gasteiger partial charge in [0.2, 0.25) is 0 Å². The summed E-state index contributed by atoms with van der Waals surface area (Å²) in [5.74, 6) is -0.312. The molecule has 26 heavy (non-hydrogen) atoms. The predicted octanol–water partition coefficient (Wildman–Crippen LogP) is 3.17. The lowest BCUT2D eigenvalue weighted by molar-refractivity contribution is 0.102. The first-order chi connectivity index (χ1) is 12.8. The van der Waals surface area contributed by atoms with Gasteiger partial charge in [0.25, 0.3) is 5.91 Å². The van der Waals surface area contributed by atoms with Gasteiger partial charge in [0.05, 0.1) is 17.4 Å².